The van der Waals surface area contributed by atoms with Crippen LogP contribution >= 0.6 is 11.8 Å². The largest absolute Gasteiger partial charge is 0.354 e. The third kappa shape index (κ3) is 3.97. The van der Waals surface area contributed by atoms with Crippen LogP contribution < -0.4 is 10.9 Å². The number of hydrogen-bond donors (Lipinski definition) is 1. The highest BCUT2D eigenvalue weighted by atomic mass is 32.2. The lowest BCUT2D eigenvalue weighted by Gasteiger charge is -2.19. The number of aromatic nitrogens is 3. The molecule has 0 saturated carbocycles. The Morgan fingerprint density at radius 2 is 1.87 bits per heavy atom. The highest BCUT2D eigenvalue weighted by molar-refractivity contribution is 7.98. The van der Waals surface area contributed by atoms with Crippen molar-refractivity contribution < 1.29 is 4.79 Å². The van der Waals surface area contributed by atoms with Crippen molar-refractivity contribution in [3.8, 4) is 0 Å². The SMILES string of the molecule is CC[C@@H](C(=O)NCCc1ccc(SC)cc1)n1c2ccccc2c2cnn(C)c(=O)c21. The number of carbonyl (C=O) groups excluding carboxylic acids is 1. The zero-order valence-electron chi connectivity index (χ0n) is 18.0. The van der Waals surface area contributed by atoms with Gasteiger partial charge in [0.25, 0.3) is 5.56 Å². The van der Waals surface area contributed by atoms with Gasteiger partial charge in [0, 0.05) is 29.3 Å². The van der Waals surface area contributed by atoms with Gasteiger partial charge in [-0.05, 0) is 42.9 Å². The number of benzene rings is 2. The van der Waals surface area contributed by atoms with E-state index in [9.17, 15) is 9.59 Å². The molecule has 160 valence electrons. The summed E-state index contributed by atoms with van der Waals surface area (Å²) in [6, 6.07) is 15.7. The summed E-state index contributed by atoms with van der Waals surface area (Å²) in [5, 5.41) is 8.97. The van der Waals surface area contributed by atoms with E-state index >= 15 is 0 Å². The molecule has 31 heavy (non-hydrogen) atoms. The monoisotopic (exact) mass is 434 g/mol. The molecule has 0 radical (unpaired) electrons. The molecular weight excluding hydrogens is 408 g/mol. The highest BCUT2D eigenvalue weighted by Crippen LogP contribution is 2.30. The van der Waals surface area contributed by atoms with Gasteiger partial charge in [0.1, 0.15) is 11.6 Å². The van der Waals surface area contributed by atoms with E-state index in [1.165, 1.54) is 15.1 Å². The molecule has 7 heteroatoms. The van der Waals surface area contributed by atoms with E-state index in [1.54, 1.807) is 25.0 Å². The number of aryl methyl sites for hydroxylation is 1. The van der Waals surface area contributed by atoms with Crippen LogP contribution in [0.1, 0.15) is 24.9 Å². The van der Waals surface area contributed by atoms with Crippen LogP contribution in [0, 0.1) is 0 Å². The van der Waals surface area contributed by atoms with Gasteiger partial charge >= 0.3 is 0 Å². The van der Waals surface area contributed by atoms with E-state index < -0.39 is 6.04 Å². The average Bonchev–Trinajstić information content (AvgIpc) is 3.12. The quantitative estimate of drug-likeness (QED) is 0.448. The fourth-order valence-corrected chi connectivity index (χ4v) is 4.45. The zero-order chi connectivity index (χ0) is 22.0. The maximum absolute atomic E-state index is 13.2. The summed E-state index contributed by atoms with van der Waals surface area (Å²) in [5.41, 5.74) is 2.38. The van der Waals surface area contributed by atoms with Crippen LogP contribution in [0.5, 0.6) is 0 Å². The zero-order valence-corrected chi connectivity index (χ0v) is 18.8. The van der Waals surface area contributed by atoms with Gasteiger partial charge in [0.05, 0.1) is 11.7 Å². The van der Waals surface area contributed by atoms with Crippen molar-refractivity contribution in [1.29, 1.82) is 0 Å². The van der Waals surface area contributed by atoms with Crippen LogP contribution in [0.2, 0.25) is 0 Å². The molecule has 0 aliphatic carbocycles. The van der Waals surface area contributed by atoms with Gasteiger partial charge in [-0.25, -0.2) is 4.68 Å². The first-order valence-corrected chi connectivity index (χ1v) is 11.6. The molecule has 0 saturated heterocycles. The lowest BCUT2D eigenvalue weighted by Crippen LogP contribution is -2.34. The molecule has 6 nitrogen and oxygen atoms in total. The third-order valence-corrected chi connectivity index (χ3v) is 6.42. The van der Waals surface area contributed by atoms with Crippen molar-refractivity contribution in [2.45, 2.75) is 30.7 Å². The standard InChI is InChI=1S/C24H26N4O2S/c1-4-20(23(29)25-14-13-16-9-11-17(31-3)12-10-16)28-21-8-6-5-7-18(21)19-15-26-27(2)24(30)22(19)28/h5-12,15,20H,4,13-14H2,1-3H3,(H,25,29)/t20-/m0/s1. The molecule has 0 aliphatic heterocycles. The first-order chi connectivity index (χ1) is 15.0. The molecule has 1 atom stereocenters. The molecule has 0 spiro atoms. The van der Waals surface area contributed by atoms with Crippen LogP contribution in [-0.2, 0) is 18.3 Å². The summed E-state index contributed by atoms with van der Waals surface area (Å²) in [6.07, 6.45) is 5.10. The van der Waals surface area contributed by atoms with Gasteiger partial charge < -0.3 is 9.88 Å². The van der Waals surface area contributed by atoms with Crippen LogP contribution in [0.3, 0.4) is 0 Å². The van der Waals surface area contributed by atoms with Gasteiger partial charge in [-0.2, -0.15) is 5.10 Å². The molecule has 1 N–H and O–H groups in total. The van der Waals surface area contributed by atoms with Gasteiger partial charge in [-0.3, -0.25) is 9.59 Å². The second-order valence-corrected chi connectivity index (χ2v) is 8.42. The van der Waals surface area contributed by atoms with E-state index in [1.807, 2.05) is 35.8 Å². The molecule has 0 bridgehead atoms. The minimum absolute atomic E-state index is 0.0789. The predicted molar refractivity (Wildman–Crippen MR) is 127 cm³/mol. The van der Waals surface area contributed by atoms with E-state index in [-0.39, 0.29) is 11.5 Å². The minimum Gasteiger partial charge on any atom is -0.354 e. The molecule has 0 fully saturated rings. The van der Waals surface area contributed by atoms with Gasteiger partial charge in [-0.1, -0.05) is 37.3 Å². The van der Waals surface area contributed by atoms with Gasteiger partial charge in [0.15, 0.2) is 0 Å². The maximum atomic E-state index is 13.2. The van der Waals surface area contributed by atoms with E-state index in [4.69, 9.17) is 0 Å². The van der Waals surface area contributed by atoms with Crippen molar-refractivity contribution in [2.24, 2.45) is 7.05 Å². The summed E-state index contributed by atoms with van der Waals surface area (Å²) >= 11 is 1.71. The smallest absolute Gasteiger partial charge is 0.291 e. The normalized spacial score (nSPS) is 12.4. The van der Waals surface area contributed by atoms with Crippen LogP contribution in [0.4, 0.5) is 0 Å². The van der Waals surface area contributed by atoms with E-state index in [2.05, 4.69) is 40.9 Å². The first-order valence-electron chi connectivity index (χ1n) is 10.4. The molecule has 0 aliphatic rings. The molecule has 4 aromatic rings. The Morgan fingerprint density at radius 1 is 1.13 bits per heavy atom. The molecule has 0 unspecified atom stereocenters. The summed E-state index contributed by atoms with van der Waals surface area (Å²) in [6.45, 7) is 2.52. The summed E-state index contributed by atoms with van der Waals surface area (Å²) in [5.74, 6) is -0.0789. The average molecular weight is 435 g/mol. The van der Waals surface area contributed by atoms with E-state index in [0.29, 0.717) is 18.5 Å². The number of rotatable bonds is 7. The van der Waals surface area contributed by atoms with Crippen molar-refractivity contribution in [1.82, 2.24) is 19.7 Å². The molecule has 2 aromatic carbocycles. The number of nitrogens with zero attached hydrogens (tertiary/aromatic N) is 3. The Kier molecular flexibility index (Phi) is 6.13. The Balaban J connectivity index is 1.64. The van der Waals surface area contributed by atoms with E-state index in [0.717, 1.165) is 22.7 Å². The first kappa shape index (κ1) is 21.2. The lowest BCUT2D eigenvalue weighted by molar-refractivity contribution is -0.124. The topological polar surface area (TPSA) is 68.9 Å². The number of hydrogen-bond acceptors (Lipinski definition) is 4. The van der Waals surface area contributed by atoms with Crippen molar-refractivity contribution in [2.75, 3.05) is 12.8 Å². The molecule has 4 rings (SSSR count). The van der Waals surface area contributed by atoms with Gasteiger partial charge in [-0.15, -0.1) is 11.8 Å². The minimum atomic E-state index is -0.476. The Labute approximate surface area is 185 Å². The predicted octanol–water partition coefficient (Wildman–Crippen LogP) is 3.92. The van der Waals surface area contributed by atoms with Crippen LogP contribution in [0.15, 0.2) is 64.4 Å². The Morgan fingerprint density at radius 3 is 2.58 bits per heavy atom. The maximum Gasteiger partial charge on any atom is 0.291 e. The molecular formula is C24H26N4O2S. The Hall–Kier alpha value is -3.06. The lowest BCUT2D eigenvalue weighted by atomic mass is 10.1. The number of thioether (sulfide) groups is 1. The summed E-state index contributed by atoms with van der Waals surface area (Å²) in [4.78, 5) is 27.4. The van der Waals surface area contributed by atoms with Crippen LogP contribution in [0.25, 0.3) is 21.8 Å². The Bertz CT molecular complexity index is 1290. The fourth-order valence-electron chi connectivity index (χ4n) is 4.04. The number of para-hydroxylation sites is 1. The second-order valence-electron chi connectivity index (χ2n) is 7.54. The fraction of sp³-hybridized carbons (Fsp3) is 0.292. The number of fused-ring (bicyclic) bond motifs is 3. The summed E-state index contributed by atoms with van der Waals surface area (Å²) in [7, 11) is 1.63. The van der Waals surface area contributed by atoms with Crippen molar-refractivity contribution in [3.63, 3.8) is 0 Å². The molecule has 1 amide bonds. The van der Waals surface area contributed by atoms with Gasteiger partial charge in [0.2, 0.25) is 5.91 Å². The van der Waals surface area contributed by atoms with Crippen molar-refractivity contribution >= 4 is 39.5 Å². The highest BCUT2D eigenvalue weighted by Gasteiger charge is 2.25. The van der Waals surface area contributed by atoms with Crippen molar-refractivity contribution in [3.05, 3.63) is 70.6 Å². The second kappa shape index (κ2) is 8.98. The number of carbonyl (C=O) groups is 1. The number of amides is 1. The molecule has 2 heterocycles. The third-order valence-electron chi connectivity index (χ3n) is 5.68. The van der Waals surface area contributed by atoms with Crippen LogP contribution in [-0.4, -0.2) is 33.1 Å². The number of nitrogens with one attached hydrogen (secondary N) is 1. The summed E-state index contributed by atoms with van der Waals surface area (Å²) < 4.78 is 3.21. The molecule has 2 aromatic heterocycles.